The van der Waals surface area contributed by atoms with Crippen LogP contribution < -0.4 is 5.73 Å². The Morgan fingerprint density at radius 3 is 2.47 bits per heavy atom. The topological polar surface area (TPSA) is 64.7 Å². The molecule has 0 spiro atoms. The first-order valence-corrected chi connectivity index (χ1v) is 5.14. The Morgan fingerprint density at radius 2 is 2.00 bits per heavy atom. The third-order valence-electron chi connectivity index (χ3n) is 1.50. The number of rotatable bonds is 1. The summed E-state index contributed by atoms with van der Waals surface area (Å²) in [5, 5.41) is -0.912. The SMILES string of the molecule is Nc1nsnc1-c1cnc(C(F)(F)F)s1. The van der Waals surface area contributed by atoms with E-state index in [1.807, 2.05) is 0 Å². The monoisotopic (exact) mass is 252 g/mol. The lowest BCUT2D eigenvalue weighted by Gasteiger charge is -1.98. The average Bonchev–Trinajstić information content (AvgIpc) is 2.69. The summed E-state index contributed by atoms with van der Waals surface area (Å²) in [5.41, 5.74) is 5.68. The van der Waals surface area contributed by atoms with Crippen LogP contribution in [0, 0.1) is 0 Å². The predicted octanol–water partition coefficient (Wildman–Crippen LogP) is 2.26. The molecule has 0 saturated carbocycles. The summed E-state index contributed by atoms with van der Waals surface area (Å²) >= 11 is 1.35. The van der Waals surface area contributed by atoms with Gasteiger partial charge in [0.2, 0.25) is 0 Å². The molecule has 0 atom stereocenters. The standard InChI is InChI=1S/C6H3F3N4S2/c7-6(8,9)5-11-1-2(14-5)3-4(10)13-15-12-3/h1H,(H2,10,13). The molecule has 2 aromatic rings. The Balaban J connectivity index is 2.41. The van der Waals surface area contributed by atoms with Gasteiger partial charge in [0.15, 0.2) is 10.8 Å². The normalized spacial score (nSPS) is 11.9. The first-order chi connectivity index (χ1) is 6.98. The zero-order valence-corrected chi connectivity index (χ0v) is 8.58. The fourth-order valence-electron chi connectivity index (χ4n) is 0.881. The highest BCUT2D eigenvalue weighted by atomic mass is 32.1. The Morgan fingerprint density at radius 1 is 1.27 bits per heavy atom. The van der Waals surface area contributed by atoms with Crippen LogP contribution in [0.15, 0.2) is 6.20 Å². The first-order valence-electron chi connectivity index (χ1n) is 3.60. The number of alkyl halides is 3. The molecular formula is C6H3F3N4S2. The van der Waals surface area contributed by atoms with E-state index in [1.54, 1.807) is 0 Å². The number of aromatic nitrogens is 3. The van der Waals surface area contributed by atoms with Crippen LogP contribution in [0.1, 0.15) is 5.01 Å². The molecule has 0 amide bonds. The van der Waals surface area contributed by atoms with Crippen molar-refractivity contribution in [3.8, 4) is 10.6 Å². The second-order valence-electron chi connectivity index (χ2n) is 2.53. The maximum Gasteiger partial charge on any atom is 0.443 e. The molecule has 2 heterocycles. The lowest BCUT2D eigenvalue weighted by Crippen LogP contribution is -2.02. The molecule has 0 radical (unpaired) electrons. The van der Waals surface area contributed by atoms with Crippen LogP contribution in [0.5, 0.6) is 0 Å². The minimum atomic E-state index is -4.43. The third-order valence-corrected chi connectivity index (χ3v) is 3.09. The maximum absolute atomic E-state index is 12.2. The molecule has 0 unspecified atom stereocenters. The van der Waals surface area contributed by atoms with E-state index < -0.39 is 11.2 Å². The van der Waals surface area contributed by atoms with Gasteiger partial charge in [0.05, 0.1) is 16.6 Å². The highest BCUT2D eigenvalue weighted by molar-refractivity contribution is 7.15. The van der Waals surface area contributed by atoms with Crippen molar-refractivity contribution < 1.29 is 13.2 Å². The number of hydrogen-bond donors (Lipinski definition) is 1. The molecule has 9 heteroatoms. The molecule has 0 aliphatic rings. The summed E-state index contributed by atoms with van der Waals surface area (Å²) in [6.45, 7) is 0. The van der Waals surface area contributed by atoms with Crippen molar-refractivity contribution in [1.29, 1.82) is 0 Å². The van der Waals surface area contributed by atoms with Crippen LogP contribution in [-0.2, 0) is 6.18 Å². The molecule has 2 rings (SSSR count). The van der Waals surface area contributed by atoms with Crippen molar-refractivity contribution in [3.05, 3.63) is 11.2 Å². The van der Waals surface area contributed by atoms with Gasteiger partial charge < -0.3 is 5.73 Å². The summed E-state index contributed by atoms with van der Waals surface area (Å²) in [7, 11) is 0. The summed E-state index contributed by atoms with van der Waals surface area (Å²) < 4.78 is 44.1. The molecule has 80 valence electrons. The van der Waals surface area contributed by atoms with Gasteiger partial charge in [-0.3, -0.25) is 0 Å². The van der Waals surface area contributed by atoms with Crippen LogP contribution in [0.25, 0.3) is 10.6 Å². The smallest absolute Gasteiger partial charge is 0.381 e. The van der Waals surface area contributed by atoms with Gasteiger partial charge in [-0.15, -0.1) is 11.3 Å². The fraction of sp³-hybridized carbons (Fsp3) is 0.167. The molecule has 0 aliphatic heterocycles. The van der Waals surface area contributed by atoms with Gasteiger partial charge >= 0.3 is 6.18 Å². The van der Waals surface area contributed by atoms with E-state index in [9.17, 15) is 13.2 Å². The number of halogens is 3. The van der Waals surface area contributed by atoms with Crippen molar-refractivity contribution in [3.63, 3.8) is 0 Å². The number of hydrogen-bond acceptors (Lipinski definition) is 6. The van der Waals surface area contributed by atoms with E-state index in [4.69, 9.17) is 5.73 Å². The highest BCUT2D eigenvalue weighted by Crippen LogP contribution is 2.37. The van der Waals surface area contributed by atoms with E-state index in [-0.39, 0.29) is 16.4 Å². The summed E-state index contributed by atoms with van der Waals surface area (Å²) in [6.07, 6.45) is -3.33. The number of anilines is 1. The van der Waals surface area contributed by atoms with Gasteiger partial charge in [-0.25, -0.2) is 4.98 Å². The molecule has 0 aromatic carbocycles. The van der Waals surface area contributed by atoms with Crippen molar-refractivity contribution in [2.24, 2.45) is 0 Å². The summed E-state index contributed by atoms with van der Waals surface area (Å²) in [6, 6.07) is 0. The molecule has 4 nitrogen and oxygen atoms in total. The number of thiazole rings is 1. The van der Waals surface area contributed by atoms with Gasteiger partial charge in [0.25, 0.3) is 0 Å². The number of nitrogens with two attached hydrogens (primary N) is 1. The second-order valence-corrected chi connectivity index (χ2v) is 4.08. The molecule has 0 aliphatic carbocycles. The minimum Gasteiger partial charge on any atom is -0.381 e. The van der Waals surface area contributed by atoms with Crippen molar-refractivity contribution in [1.82, 2.24) is 13.7 Å². The van der Waals surface area contributed by atoms with E-state index in [0.717, 1.165) is 17.9 Å². The Labute approximate surface area is 89.9 Å². The first kappa shape index (κ1) is 10.3. The van der Waals surface area contributed by atoms with Crippen LogP contribution in [0.3, 0.4) is 0 Å². The van der Waals surface area contributed by atoms with Crippen LogP contribution in [0.4, 0.5) is 19.0 Å². The van der Waals surface area contributed by atoms with Gasteiger partial charge in [0.1, 0.15) is 5.69 Å². The van der Waals surface area contributed by atoms with E-state index in [0.29, 0.717) is 11.3 Å². The van der Waals surface area contributed by atoms with Gasteiger partial charge in [-0.05, 0) is 0 Å². The zero-order valence-electron chi connectivity index (χ0n) is 6.95. The molecule has 0 bridgehead atoms. The summed E-state index contributed by atoms with van der Waals surface area (Å²) in [4.78, 5) is 3.53. The fourth-order valence-corrected chi connectivity index (χ4v) is 2.21. The maximum atomic E-state index is 12.2. The minimum absolute atomic E-state index is 0.123. The molecule has 0 fully saturated rings. The Hall–Kier alpha value is -1.22. The second kappa shape index (κ2) is 3.42. The van der Waals surface area contributed by atoms with E-state index in [1.165, 1.54) is 0 Å². The van der Waals surface area contributed by atoms with Crippen molar-refractivity contribution in [2.45, 2.75) is 6.18 Å². The van der Waals surface area contributed by atoms with Crippen molar-refractivity contribution in [2.75, 3.05) is 5.73 Å². The van der Waals surface area contributed by atoms with Crippen LogP contribution in [0.2, 0.25) is 0 Å². The Bertz CT molecular complexity index is 475. The number of nitrogen functional groups attached to an aromatic ring is 1. The molecule has 2 N–H and O–H groups in total. The lowest BCUT2D eigenvalue weighted by atomic mass is 10.4. The van der Waals surface area contributed by atoms with Crippen molar-refractivity contribution >= 4 is 28.9 Å². The quantitative estimate of drug-likeness (QED) is 0.845. The third kappa shape index (κ3) is 1.92. The average molecular weight is 252 g/mol. The van der Waals surface area contributed by atoms with Gasteiger partial charge in [-0.1, -0.05) is 0 Å². The van der Waals surface area contributed by atoms with Gasteiger partial charge in [-0.2, -0.15) is 21.9 Å². The molecule has 2 aromatic heterocycles. The molecular weight excluding hydrogens is 249 g/mol. The lowest BCUT2D eigenvalue weighted by molar-refractivity contribution is -0.137. The molecule has 0 saturated heterocycles. The van der Waals surface area contributed by atoms with E-state index >= 15 is 0 Å². The van der Waals surface area contributed by atoms with E-state index in [2.05, 4.69) is 13.7 Å². The van der Waals surface area contributed by atoms with Crippen LogP contribution in [-0.4, -0.2) is 13.7 Å². The largest absolute Gasteiger partial charge is 0.443 e. The Kier molecular flexibility index (Phi) is 2.35. The predicted molar refractivity (Wildman–Crippen MR) is 50.4 cm³/mol. The van der Waals surface area contributed by atoms with Crippen LogP contribution >= 0.6 is 23.1 Å². The molecule has 15 heavy (non-hydrogen) atoms. The number of nitrogens with zero attached hydrogens (tertiary/aromatic N) is 3. The zero-order chi connectivity index (χ0) is 11.1. The summed E-state index contributed by atoms with van der Waals surface area (Å²) in [5.74, 6) is 0.123. The van der Waals surface area contributed by atoms with Gasteiger partial charge in [0, 0.05) is 6.20 Å². The highest BCUT2D eigenvalue weighted by Gasteiger charge is 2.35.